The van der Waals surface area contributed by atoms with Crippen molar-refractivity contribution in [2.45, 2.75) is 57.6 Å². The summed E-state index contributed by atoms with van der Waals surface area (Å²) in [5.74, 6) is 3.18. The molecule has 0 radical (unpaired) electrons. The molecule has 2 nitrogen and oxygen atoms in total. The molecule has 0 aromatic heterocycles. The maximum absolute atomic E-state index is 9.83. The van der Waals surface area contributed by atoms with Crippen molar-refractivity contribution in [3.63, 3.8) is 0 Å². The van der Waals surface area contributed by atoms with Gasteiger partial charge in [0.05, 0.1) is 12.7 Å². The Morgan fingerprint density at radius 2 is 1.83 bits per heavy atom. The topological polar surface area (TPSA) is 29.5 Å². The molecule has 6 unspecified atom stereocenters. The summed E-state index contributed by atoms with van der Waals surface area (Å²) in [4.78, 5) is 0. The molecular weight excluding hydrogens is 292 g/mol. The van der Waals surface area contributed by atoms with Crippen LogP contribution in [0.3, 0.4) is 0 Å². The highest BCUT2D eigenvalue weighted by atomic mass is 79.9. The molecular formula is C15H27BrO2. The van der Waals surface area contributed by atoms with Crippen LogP contribution < -0.4 is 0 Å². The first kappa shape index (κ1) is 14.8. The second-order valence-corrected chi connectivity index (χ2v) is 7.44. The summed E-state index contributed by atoms with van der Waals surface area (Å²) in [5.41, 5.74) is 0. The van der Waals surface area contributed by atoms with E-state index in [-0.39, 0.29) is 5.01 Å². The van der Waals surface area contributed by atoms with Crippen molar-refractivity contribution in [3.05, 3.63) is 0 Å². The molecule has 1 aliphatic carbocycles. The first-order valence-electron chi connectivity index (χ1n) is 7.44. The standard InChI is InChI=1S/C15H27BrO2/c1-9-4-6-13(11(3)15(16)17)14-8-18-10(2)5-7-12(9)14/h9-15,17H,4-8H2,1-3H3/t9-,10?,11?,12?,13?,14?,15?/m1/s1. The number of aliphatic hydroxyl groups excluding tert-OH is 1. The summed E-state index contributed by atoms with van der Waals surface area (Å²) in [6.07, 6.45) is 5.46. The van der Waals surface area contributed by atoms with E-state index in [0.717, 1.165) is 18.4 Å². The lowest BCUT2D eigenvalue weighted by molar-refractivity contribution is -0.0194. The number of hydrogen-bond donors (Lipinski definition) is 1. The van der Waals surface area contributed by atoms with Crippen molar-refractivity contribution in [1.29, 1.82) is 0 Å². The Morgan fingerprint density at radius 3 is 2.50 bits per heavy atom. The molecule has 3 heteroatoms. The molecule has 0 bridgehead atoms. The summed E-state index contributed by atoms with van der Waals surface area (Å²) < 4.78 is 5.98. The fourth-order valence-electron chi connectivity index (χ4n) is 4.01. The van der Waals surface area contributed by atoms with Crippen LogP contribution in [-0.4, -0.2) is 22.8 Å². The lowest BCUT2D eigenvalue weighted by atomic mass is 9.63. The molecule has 0 aromatic rings. The van der Waals surface area contributed by atoms with Crippen molar-refractivity contribution in [2.75, 3.05) is 6.61 Å². The van der Waals surface area contributed by atoms with E-state index in [4.69, 9.17) is 4.74 Å². The van der Waals surface area contributed by atoms with E-state index in [1.54, 1.807) is 0 Å². The van der Waals surface area contributed by atoms with E-state index in [0.29, 0.717) is 23.9 Å². The number of fused-ring (bicyclic) bond motifs is 1. The highest BCUT2D eigenvalue weighted by Crippen LogP contribution is 2.47. The Labute approximate surface area is 120 Å². The zero-order valence-corrected chi connectivity index (χ0v) is 13.4. The molecule has 1 aliphatic heterocycles. The maximum atomic E-state index is 9.83. The predicted octanol–water partition coefficient (Wildman–Crippen LogP) is 3.81. The molecule has 2 rings (SSSR count). The average Bonchev–Trinajstić information content (AvgIpc) is 2.52. The van der Waals surface area contributed by atoms with Crippen LogP contribution in [0.2, 0.25) is 0 Å². The van der Waals surface area contributed by atoms with E-state index in [1.807, 2.05) is 0 Å². The lowest BCUT2D eigenvalue weighted by Crippen LogP contribution is -2.40. The third kappa shape index (κ3) is 3.10. The van der Waals surface area contributed by atoms with Crippen LogP contribution in [0.15, 0.2) is 0 Å². The Morgan fingerprint density at radius 1 is 1.11 bits per heavy atom. The lowest BCUT2D eigenvalue weighted by Gasteiger charge is -2.44. The molecule has 1 heterocycles. The van der Waals surface area contributed by atoms with Crippen molar-refractivity contribution in [2.24, 2.45) is 29.6 Å². The average molecular weight is 319 g/mol. The van der Waals surface area contributed by atoms with Gasteiger partial charge in [-0.05, 0) is 55.8 Å². The molecule has 0 spiro atoms. The van der Waals surface area contributed by atoms with Gasteiger partial charge in [-0.2, -0.15) is 0 Å². The van der Waals surface area contributed by atoms with Crippen molar-refractivity contribution >= 4 is 15.9 Å². The van der Waals surface area contributed by atoms with Crippen molar-refractivity contribution in [1.82, 2.24) is 0 Å². The summed E-state index contributed by atoms with van der Waals surface area (Å²) in [7, 11) is 0. The minimum atomic E-state index is -0.378. The SMILES string of the molecule is CC1CCC2C(CO1)C(C(C)C(O)Br)CC[C@H]2C. The van der Waals surface area contributed by atoms with Crippen molar-refractivity contribution in [3.8, 4) is 0 Å². The minimum absolute atomic E-state index is 0.321. The quantitative estimate of drug-likeness (QED) is 0.784. The number of halogens is 1. The van der Waals surface area contributed by atoms with Gasteiger partial charge in [0.1, 0.15) is 5.01 Å². The molecule has 106 valence electrons. The van der Waals surface area contributed by atoms with Crippen molar-refractivity contribution < 1.29 is 9.84 Å². The summed E-state index contributed by atoms with van der Waals surface area (Å²) in [6, 6.07) is 0. The van der Waals surface area contributed by atoms with Gasteiger partial charge >= 0.3 is 0 Å². The first-order valence-corrected chi connectivity index (χ1v) is 8.36. The zero-order valence-electron chi connectivity index (χ0n) is 11.8. The molecule has 2 aliphatic rings. The van der Waals surface area contributed by atoms with Gasteiger partial charge in [-0.3, -0.25) is 0 Å². The minimum Gasteiger partial charge on any atom is -0.382 e. The number of hydrogen-bond acceptors (Lipinski definition) is 2. The Kier molecular flexibility index (Phi) is 5.13. The molecule has 1 N–H and O–H groups in total. The van der Waals surface area contributed by atoms with E-state index < -0.39 is 0 Å². The van der Waals surface area contributed by atoms with Crippen LogP contribution in [0.1, 0.15) is 46.5 Å². The predicted molar refractivity (Wildman–Crippen MR) is 77.6 cm³/mol. The number of aliphatic hydroxyl groups is 1. The monoisotopic (exact) mass is 318 g/mol. The van der Waals surface area contributed by atoms with Crippen LogP contribution in [0.25, 0.3) is 0 Å². The molecule has 2 fully saturated rings. The Balaban J connectivity index is 2.12. The van der Waals surface area contributed by atoms with Gasteiger partial charge in [0.2, 0.25) is 0 Å². The molecule has 0 amide bonds. The first-order chi connectivity index (χ1) is 8.50. The van der Waals surface area contributed by atoms with Crippen LogP contribution >= 0.6 is 15.9 Å². The van der Waals surface area contributed by atoms with Crippen LogP contribution in [-0.2, 0) is 4.74 Å². The van der Waals surface area contributed by atoms with E-state index in [1.165, 1.54) is 25.7 Å². The third-order valence-electron chi connectivity index (χ3n) is 5.38. The van der Waals surface area contributed by atoms with Gasteiger partial charge in [-0.1, -0.05) is 36.2 Å². The van der Waals surface area contributed by atoms with Crippen LogP contribution in [0, 0.1) is 29.6 Å². The maximum Gasteiger partial charge on any atom is 0.111 e. The molecule has 1 saturated carbocycles. The highest BCUT2D eigenvalue weighted by Gasteiger charge is 2.42. The number of rotatable bonds is 2. The molecule has 7 atom stereocenters. The number of ether oxygens (including phenoxy) is 1. The summed E-state index contributed by atoms with van der Waals surface area (Å²) in [5, 5.41) is 9.45. The van der Waals surface area contributed by atoms with E-state index >= 15 is 0 Å². The van der Waals surface area contributed by atoms with Gasteiger partial charge in [0.25, 0.3) is 0 Å². The molecule has 18 heavy (non-hydrogen) atoms. The summed E-state index contributed by atoms with van der Waals surface area (Å²) >= 11 is 3.35. The summed E-state index contributed by atoms with van der Waals surface area (Å²) in [6.45, 7) is 7.66. The fraction of sp³-hybridized carbons (Fsp3) is 1.00. The second-order valence-electron chi connectivity index (χ2n) is 6.50. The van der Waals surface area contributed by atoms with Gasteiger partial charge in [0.15, 0.2) is 0 Å². The number of alkyl halides is 1. The zero-order chi connectivity index (χ0) is 13.3. The van der Waals surface area contributed by atoms with Gasteiger partial charge in [-0.15, -0.1) is 0 Å². The molecule has 1 saturated heterocycles. The van der Waals surface area contributed by atoms with E-state index in [2.05, 4.69) is 36.7 Å². The van der Waals surface area contributed by atoms with Gasteiger partial charge in [0, 0.05) is 0 Å². The Hall–Kier alpha value is 0.400. The van der Waals surface area contributed by atoms with E-state index in [9.17, 15) is 5.11 Å². The molecule has 0 aromatic carbocycles. The smallest absolute Gasteiger partial charge is 0.111 e. The second kappa shape index (κ2) is 6.23. The normalized spacial score (nSPS) is 44.8. The highest BCUT2D eigenvalue weighted by molar-refractivity contribution is 9.09. The van der Waals surface area contributed by atoms with Crippen LogP contribution in [0.5, 0.6) is 0 Å². The largest absolute Gasteiger partial charge is 0.382 e. The van der Waals surface area contributed by atoms with Crippen LogP contribution in [0.4, 0.5) is 0 Å². The van der Waals surface area contributed by atoms with Gasteiger partial charge in [-0.25, -0.2) is 0 Å². The van der Waals surface area contributed by atoms with Gasteiger partial charge < -0.3 is 9.84 Å². The fourth-order valence-corrected chi connectivity index (χ4v) is 4.40. The Bertz CT molecular complexity index is 269. The third-order valence-corrected chi connectivity index (χ3v) is 6.21.